The van der Waals surface area contributed by atoms with Crippen LogP contribution >= 0.6 is 0 Å². The Balaban J connectivity index is 0.000000555. The van der Waals surface area contributed by atoms with Crippen LogP contribution in [-0.4, -0.2) is 17.7 Å². The minimum atomic E-state index is -4.69. The van der Waals surface area contributed by atoms with Gasteiger partial charge in [-0.3, -0.25) is 0 Å². The molecule has 4 aliphatic rings. The molecule has 2 N–H and O–H groups in total. The van der Waals surface area contributed by atoms with E-state index in [1.54, 1.807) is 19.3 Å². The molecule has 0 amide bonds. The van der Waals surface area contributed by atoms with Gasteiger partial charge in [-0.25, -0.2) is 0 Å². The zero-order valence-corrected chi connectivity index (χ0v) is 22.5. The summed E-state index contributed by atoms with van der Waals surface area (Å²) in [5.41, 5.74) is 1.29. The van der Waals surface area contributed by atoms with E-state index >= 15 is 0 Å². The Morgan fingerprint density at radius 3 is 2.24 bits per heavy atom. The fourth-order valence-electron chi connectivity index (χ4n) is 9.15. The molecule has 1 heterocycles. The van der Waals surface area contributed by atoms with E-state index in [-0.39, 0.29) is 0 Å². The van der Waals surface area contributed by atoms with Gasteiger partial charge < -0.3 is 5.32 Å². The van der Waals surface area contributed by atoms with Crippen molar-refractivity contribution in [2.45, 2.75) is 105 Å². The zero-order chi connectivity index (χ0) is 24.4. The van der Waals surface area contributed by atoms with Crippen molar-refractivity contribution in [1.82, 2.24) is 5.32 Å². The lowest BCUT2D eigenvalue weighted by molar-refractivity contribution is -1.92. The molecule has 3 saturated carbocycles. The molecule has 0 aromatic rings. The average molecular weight is 488 g/mol. The first-order valence-electron chi connectivity index (χ1n) is 13.7. The van der Waals surface area contributed by atoms with Gasteiger partial charge in [-0.05, 0) is 117 Å². The number of hydrogen-bond donors (Lipinski definition) is 2. The van der Waals surface area contributed by atoms with Crippen molar-refractivity contribution in [1.29, 1.82) is 0 Å². The molecule has 33 heavy (non-hydrogen) atoms. The Morgan fingerprint density at radius 2 is 1.58 bits per heavy atom. The summed E-state index contributed by atoms with van der Waals surface area (Å²) in [7, 11) is -4.69. The fourth-order valence-corrected chi connectivity index (χ4v) is 9.15. The van der Waals surface area contributed by atoms with Gasteiger partial charge >= 0.3 is 0 Å². The predicted molar refractivity (Wildman–Crippen MR) is 124 cm³/mol. The topological polar surface area (TPSA) is 101 Å². The molecule has 0 spiro atoms. The number of halogens is 1. The maximum absolute atomic E-state index is 8.60. The highest BCUT2D eigenvalue weighted by atomic mass is 35.7. The van der Waals surface area contributed by atoms with Gasteiger partial charge in [0.2, 0.25) is 0 Å². The quantitative estimate of drug-likeness (QED) is 0.620. The first-order chi connectivity index (χ1) is 15.4. The normalized spacial score (nSPS) is 41.8. The summed E-state index contributed by atoms with van der Waals surface area (Å²) < 4.78 is 32.7. The van der Waals surface area contributed by atoms with Crippen LogP contribution in [0.1, 0.15) is 105 Å². The minimum Gasteiger partial charge on any atom is -0.316 e. The first kappa shape index (κ1) is 27.7. The van der Waals surface area contributed by atoms with Crippen molar-refractivity contribution in [2.24, 2.45) is 52.3 Å². The molecule has 3 aliphatic carbocycles. The molecular weight excluding hydrogens is 438 g/mol. The summed E-state index contributed by atoms with van der Waals surface area (Å²) in [6.45, 7) is 15.4. The predicted octanol–water partition coefficient (Wildman–Crippen LogP) is 3.18. The van der Waals surface area contributed by atoms with Gasteiger partial charge in [-0.15, -0.1) is 0 Å². The van der Waals surface area contributed by atoms with Crippen molar-refractivity contribution < 1.29 is 28.9 Å². The van der Waals surface area contributed by atoms with E-state index in [2.05, 4.69) is 39.9 Å². The van der Waals surface area contributed by atoms with Crippen LogP contribution < -0.4 is 19.3 Å². The Bertz CT molecular complexity index is 620. The molecule has 4 fully saturated rings. The third-order valence-corrected chi connectivity index (χ3v) is 10.7. The second-order valence-electron chi connectivity index (χ2n) is 12.9. The molecular formula is C27H50ClNO4. The number of fused-ring (bicyclic) bond motifs is 5. The summed E-state index contributed by atoms with van der Waals surface area (Å²) in [5, 5.41) is 3.77. The largest absolute Gasteiger partial charge is 0.316 e. The van der Waals surface area contributed by atoms with Crippen LogP contribution in [0.3, 0.4) is 0 Å². The van der Waals surface area contributed by atoms with E-state index in [0.29, 0.717) is 10.8 Å². The first-order valence-corrected chi connectivity index (χ1v) is 15.0. The average Bonchev–Trinajstić information content (AvgIpc) is 2.92. The third-order valence-electron chi connectivity index (χ3n) is 10.7. The number of rotatable bonds is 5. The van der Waals surface area contributed by atoms with E-state index in [4.69, 9.17) is 18.6 Å². The van der Waals surface area contributed by atoms with Crippen LogP contribution in [0.4, 0.5) is 0 Å². The molecule has 6 heteroatoms. The van der Waals surface area contributed by atoms with Crippen molar-refractivity contribution in [3.05, 3.63) is 0 Å². The minimum absolute atomic E-state index is 0.634. The number of nitrogens with one attached hydrogen (secondary N) is 1. The third kappa shape index (κ3) is 6.46. The molecule has 0 aromatic heterocycles. The maximum Gasteiger partial charge on any atom is 0.0777 e. The van der Waals surface area contributed by atoms with E-state index in [9.17, 15) is 0 Å². The smallest absolute Gasteiger partial charge is 0.0777 e. The molecule has 8 unspecified atom stereocenters. The number of hydrogen-bond acceptors (Lipinski definition) is 5. The Hall–Kier alpha value is 0.0900. The molecule has 8 atom stereocenters. The highest BCUT2D eigenvalue weighted by molar-refractivity contribution is 5.09. The zero-order valence-electron chi connectivity index (χ0n) is 21.8. The summed E-state index contributed by atoms with van der Waals surface area (Å²) in [5.74, 6) is 6.89. The van der Waals surface area contributed by atoms with Crippen LogP contribution in [0.2, 0.25) is 0 Å². The van der Waals surface area contributed by atoms with Gasteiger partial charge in [0, 0.05) is 0 Å². The summed E-state index contributed by atoms with van der Waals surface area (Å²) in [6, 6.07) is 0. The van der Waals surface area contributed by atoms with E-state index < -0.39 is 10.2 Å². The van der Waals surface area contributed by atoms with Crippen molar-refractivity contribution in [3.8, 4) is 0 Å². The Morgan fingerprint density at radius 1 is 0.909 bits per heavy atom. The standard InChI is InChI=1S/C27H49N.ClHO4/c1-19(2)8-6-9-20(3)23-12-13-24-22-11-10-21-18-28-17-7-15-26(21,4)25(22)14-16-27(23,24)5;2-1(3,4)5/h19-25,28H,6-18H2,1-5H3;(H,2,3,4,5). The Labute approximate surface area is 204 Å². The monoisotopic (exact) mass is 487 g/mol. The summed E-state index contributed by atoms with van der Waals surface area (Å²) >= 11 is 0. The molecule has 1 aliphatic heterocycles. The van der Waals surface area contributed by atoms with Gasteiger partial charge in [-0.1, -0.05) is 53.9 Å². The van der Waals surface area contributed by atoms with Crippen molar-refractivity contribution in [3.63, 3.8) is 0 Å². The highest BCUT2D eigenvalue weighted by Crippen LogP contribution is 2.67. The van der Waals surface area contributed by atoms with Gasteiger partial charge in [0.05, 0.1) is 14.9 Å². The molecule has 194 valence electrons. The van der Waals surface area contributed by atoms with E-state index in [1.807, 2.05) is 0 Å². The second-order valence-corrected chi connectivity index (χ2v) is 13.7. The van der Waals surface area contributed by atoms with Crippen LogP contribution in [0.25, 0.3) is 0 Å². The van der Waals surface area contributed by atoms with Crippen LogP contribution in [0.15, 0.2) is 0 Å². The molecule has 5 nitrogen and oxygen atoms in total. The van der Waals surface area contributed by atoms with Gasteiger partial charge in [0.25, 0.3) is 0 Å². The maximum atomic E-state index is 8.60. The molecule has 0 aromatic carbocycles. The lowest BCUT2D eigenvalue weighted by Gasteiger charge is -2.59. The fraction of sp³-hybridized carbons (Fsp3) is 1.00. The SMILES string of the molecule is CC(C)CCCC(C)C1CCC2C3CCC4CNCCCC4(C)C3CCC12C.[O-][Cl+3]([O-])([O-])O. The van der Waals surface area contributed by atoms with E-state index in [0.717, 1.165) is 41.4 Å². The molecule has 0 bridgehead atoms. The van der Waals surface area contributed by atoms with E-state index in [1.165, 1.54) is 64.5 Å². The summed E-state index contributed by atoms with van der Waals surface area (Å²) in [4.78, 5) is 0. The molecule has 0 radical (unpaired) electrons. The lowest BCUT2D eigenvalue weighted by Crippen LogP contribution is -2.58. The van der Waals surface area contributed by atoms with Crippen LogP contribution in [-0.2, 0) is 0 Å². The molecule has 1 saturated heterocycles. The van der Waals surface area contributed by atoms with Gasteiger partial charge in [0.1, 0.15) is 0 Å². The van der Waals surface area contributed by atoms with Crippen LogP contribution in [0, 0.1) is 62.5 Å². The van der Waals surface area contributed by atoms with Crippen molar-refractivity contribution >= 4 is 0 Å². The highest BCUT2D eigenvalue weighted by Gasteiger charge is 2.59. The van der Waals surface area contributed by atoms with Gasteiger partial charge in [-0.2, -0.15) is 14.0 Å². The summed E-state index contributed by atoms with van der Waals surface area (Å²) in [6.07, 6.45) is 16.5. The van der Waals surface area contributed by atoms with Gasteiger partial charge in [0.15, 0.2) is 0 Å². The molecule has 4 rings (SSSR count). The Kier molecular flexibility index (Phi) is 9.23. The lowest BCUT2D eigenvalue weighted by atomic mass is 9.46. The van der Waals surface area contributed by atoms with Crippen molar-refractivity contribution in [2.75, 3.05) is 13.1 Å². The van der Waals surface area contributed by atoms with Crippen LogP contribution in [0.5, 0.6) is 0 Å². The second kappa shape index (κ2) is 11.0.